The number of nitrogens with one attached hydrogen (secondary N) is 1. The van der Waals surface area contributed by atoms with Crippen molar-refractivity contribution in [1.82, 2.24) is 10.2 Å². The highest BCUT2D eigenvalue weighted by Crippen LogP contribution is 2.21. The molecule has 116 valence electrons. The minimum absolute atomic E-state index is 0.116. The maximum absolute atomic E-state index is 11.8. The molecule has 0 atom stereocenters. The molecule has 0 spiro atoms. The van der Waals surface area contributed by atoms with Gasteiger partial charge in [-0.15, -0.1) is 11.8 Å². The number of benzene rings is 1. The molecule has 1 aromatic rings. The number of amides is 1. The molecule has 0 radical (unpaired) electrons. The number of morpholine rings is 1. The van der Waals surface area contributed by atoms with E-state index < -0.39 is 0 Å². The van der Waals surface area contributed by atoms with E-state index in [1.54, 1.807) is 11.8 Å². The third-order valence-electron chi connectivity index (χ3n) is 3.53. The predicted molar refractivity (Wildman–Crippen MR) is 86.8 cm³/mol. The Hall–Kier alpha value is -1.04. The Morgan fingerprint density at radius 3 is 2.86 bits per heavy atom. The summed E-state index contributed by atoms with van der Waals surface area (Å²) in [5.41, 5.74) is 1.22. The van der Waals surface area contributed by atoms with E-state index in [9.17, 15) is 4.79 Å². The second-order valence-electron chi connectivity index (χ2n) is 5.21. The van der Waals surface area contributed by atoms with Crippen LogP contribution in [-0.2, 0) is 9.53 Å². The maximum atomic E-state index is 11.8. The molecule has 2 rings (SSSR count). The average Bonchev–Trinajstić information content (AvgIpc) is 2.52. The number of hydrogen-bond acceptors (Lipinski definition) is 4. The fraction of sp³-hybridized carbons (Fsp3) is 0.562. The van der Waals surface area contributed by atoms with Crippen LogP contribution in [0.4, 0.5) is 0 Å². The Kier molecular flexibility index (Phi) is 7.06. The Bertz CT molecular complexity index is 448. The lowest BCUT2D eigenvalue weighted by molar-refractivity contribution is -0.118. The van der Waals surface area contributed by atoms with Crippen LogP contribution in [0.2, 0.25) is 0 Å². The highest BCUT2D eigenvalue weighted by Gasteiger charge is 2.09. The molecule has 1 saturated heterocycles. The van der Waals surface area contributed by atoms with Gasteiger partial charge in [0.25, 0.3) is 0 Å². The summed E-state index contributed by atoms with van der Waals surface area (Å²) < 4.78 is 5.31. The number of rotatable bonds is 7. The van der Waals surface area contributed by atoms with Crippen LogP contribution in [0.25, 0.3) is 0 Å². The van der Waals surface area contributed by atoms with Crippen LogP contribution in [-0.4, -0.2) is 56.0 Å². The zero-order chi connectivity index (χ0) is 14.9. The molecular formula is C16H24N2O2S. The quantitative estimate of drug-likeness (QED) is 0.617. The van der Waals surface area contributed by atoms with Crippen molar-refractivity contribution in [3.63, 3.8) is 0 Å². The molecule has 1 fully saturated rings. The van der Waals surface area contributed by atoms with Gasteiger partial charge in [-0.1, -0.05) is 18.2 Å². The van der Waals surface area contributed by atoms with Crippen LogP contribution < -0.4 is 5.32 Å². The van der Waals surface area contributed by atoms with Gasteiger partial charge in [-0.25, -0.2) is 0 Å². The van der Waals surface area contributed by atoms with Gasteiger partial charge in [0.1, 0.15) is 0 Å². The first kappa shape index (κ1) is 16.3. The smallest absolute Gasteiger partial charge is 0.230 e. The highest BCUT2D eigenvalue weighted by molar-refractivity contribution is 8.00. The largest absolute Gasteiger partial charge is 0.379 e. The Balaban J connectivity index is 1.56. The second kappa shape index (κ2) is 9.07. The lowest BCUT2D eigenvalue weighted by Gasteiger charge is -2.26. The van der Waals surface area contributed by atoms with Crippen molar-refractivity contribution in [2.75, 3.05) is 45.1 Å². The van der Waals surface area contributed by atoms with Gasteiger partial charge < -0.3 is 10.1 Å². The fourth-order valence-electron chi connectivity index (χ4n) is 2.27. The number of carbonyl (C=O) groups is 1. The van der Waals surface area contributed by atoms with Gasteiger partial charge in [0, 0.05) is 24.5 Å². The van der Waals surface area contributed by atoms with E-state index >= 15 is 0 Å². The number of hydrogen-bond donors (Lipinski definition) is 1. The zero-order valence-electron chi connectivity index (χ0n) is 12.6. The summed E-state index contributed by atoms with van der Waals surface area (Å²) in [7, 11) is 0. The van der Waals surface area contributed by atoms with Gasteiger partial charge in [0.2, 0.25) is 5.91 Å². The maximum Gasteiger partial charge on any atom is 0.230 e. The molecule has 0 unspecified atom stereocenters. The van der Waals surface area contributed by atoms with Gasteiger partial charge in [-0.3, -0.25) is 9.69 Å². The average molecular weight is 308 g/mol. The van der Waals surface area contributed by atoms with Crippen molar-refractivity contribution < 1.29 is 9.53 Å². The first-order valence-electron chi connectivity index (χ1n) is 7.51. The van der Waals surface area contributed by atoms with Crippen molar-refractivity contribution in [3.05, 3.63) is 29.8 Å². The minimum atomic E-state index is 0.116. The van der Waals surface area contributed by atoms with Crippen LogP contribution in [0.1, 0.15) is 12.0 Å². The van der Waals surface area contributed by atoms with Crippen molar-refractivity contribution in [1.29, 1.82) is 0 Å². The first-order chi connectivity index (χ1) is 10.3. The van der Waals surface area contributed by atoms with Gasteiger partial charge in [0.15, 0.2) is 0 Å². The van der Waals surface area contributed by atoms with Gasteiger partial charge >= 0.3 is 0 Å². The van der Waals surface area contributed by atoms with Crippen LogP contribution in [0.15, 0.2) is 29.2 Å². The van der Waals surface area contributed by atoms with Crippen LogP contribution >= 0.6 is 11.8 Å². The number of carbonyl (C=O) groups excluding carboxylic acids is 1. The normalized spacial score (nSPS) is 15.9. The number of ether oxygens (including phenoxy) is 1. The zero-order valence-corrected chi connectivity index (χ0v) is 13.5. The van der Waals surface area contributed by atoms with E-state index in [1.165, 1.54) is 10.5 Å². The molecule has 1 amide bonds. The standard InChI is InChI=1S/C16H24N2O2S/c1-14-5-2-3-6-15(14)21-13-16(19)17-7-4-8-18-9-11-20-12-10-18/h2-3,5-6H,4,7-13H2,1H3,(H,17,19). The van der Waals surface area contributed by atoms with E-state index in [4.69, 9.17) is 4.74 Å². The van der Waals surface area contributed by atoms with Crippen LogP contribution in [0, 0.1) is 6.92 Å². The molecule has 4 nitrogen and oxygen atoms in total. The topological polar surface area (TPSA) is 41.6 Å². The Morgan fingerprint density at radius 1 is 1.33 bits per heavy atom. The molecule has 0 aliphatic carbocycles. The molecule has 1 N–H and O–H groups in total. The Labute approximate surface area is 131 Å². The number of aryl methyl sites for hydroxylation is 1. The lowest BCUT2D eigenvalue weighted by Crippen LogP contribution is -2.38. The van der Waals surface area contributed by atoms with Crippen LogP contribution in [0.5, 0.6) is 0 Å². The lowest BCUT2D eigenvalue weighted by atomic mass is 10.2. The summed E-state index contributed by atoms with van der Waals surface area (Å²) >= 11 is 1.60. The van der Waals surface area contributed by atoms with E-state index in [0.717, 1.165) is 45.8 Å². The molecule has 5 heteroatoms. The minimum Gasteiger partial charge on any atom is -0.379 e. The summed E-state index contributed by atoms with van der Waals surface area (Å²) in [6.45, 7) is 7.55. The Morgan fingerprint density at radius 2 is 2.10 bits per heavy atom. The summed E-state index contributed by atoms with van der Waals surface area (Å²) in [6, 6.07) is 8.16. The second-order valence-corrected chi connectivity index (χ2v) is 6.23. The van der Waals surface area contributed by atoms with Crippen molar-refractivity contribution in [3.8, 4) is 0 Å². The highest BCUT2D eigenvalue weighted by atomic mass is 32.2. The van der Waals surface area contributed by atoms with Crippen molar-refractivity contribution in [2.45, 2.75) is 18.2 Å². The molecule has 1 aliphatic heterocycles. The number of nitrogens with zero attached hydrogens (tertiary/aromatic N) is 1. The molecular weight excluding hydrogens is 284 g/mol. The van der Waals surface area contributed by atoms with E-state index in [-0.39, 0.29) is 5.91 Å². The van der Waals surface area contributed by atoms with Crippen LogP contribution in [0.3, 0.4) is 0 Å². The molecule has 1 heterocycles. The molecule has 0 bridgehead atoms. The summed E-state index contributed by atoms with van der Waals surface area (Å²) in [4.78, 5) is 15.4. The molecule has 1 aromatic carbocycles. The summed E-state index contributed by atoms with van der Waals surface area (Å²) in [5.74, 6) is 0.604. The third-order valence-corrected chi connectivity index (χ3v) is 4.70. The van der Waals surface area contributed by atoms with E-state index in [1.807, 2.05) is 12.1 Å². The SMILES string of the molecule is Cc1ccccc1SCC(=O)NCCCN1CCOCC1. The molecule has 0 saturated carbocycles. The van der Waals surface area contributed by atoms with Crippen molar-refractivity contribution in [2.24, 2.45) is 0 Å². The van der Waals surface area contributed by atoms with Crippen molar-refractivity contribution >= 4 is 17.7 Å². The molecule has 21 heavy (non-hydrogen) atoms. The third kappa shape index (κ3) is 6.08. The predicted octanol–water partition coefficient (Wildman–Crippen LogP) is 1.93. The molecule has 0 aromatic heterocycles. The van der Waals surface area contributed by atoms with Gasteiger partial charge in [-0.05, 0) is 31.5 Å². The summed E-state index contributed by atoms with van der Waals surface area (Å²) in [5, 5.41) is 2.99. The summed E-state index contributed by atoms with van der Waals surface area (Å²) in [6.07, 6.45) is 1.00. The van der Waals surface area contributed by atoms with E-state index in [2.05, 4.69) is 29.3 Å². The number of thioether (sulfide) groups is 1. The van der Waals surface area contributed by atoms with Gasteiger partial charge in [-0.2, -0.15) is 0 Å². The molecule has 1 aliphatic rings. The van der Waals surface area contributed by atoms with E-state index in [0.29, 0.717) is 5.75 Å². The first-order valence-corrected chi connectivity index (χ1v) is 8.49. The monoisotopic (exact) mass is 308 g/mol. The fourth-order valence-corrected chi connectivity index (χ4v) is 3.13. The van der Waals surface area contributed by atoms with Gasteiger partial charge in [0.05, 0.1) is 19.0 Å².